The minimum absolute atomic E-state index is 0.0597. The van der Waals surface area contributed by atoms with Crippen LogP contribution < -0.4 is 4.90 Å². The van der Waals surface area contributed by atoms with Crippen LogP contribution in [-0.2, 0) is 27.3 Å². The van der Waals surface area contributed by atoms with Crippen LogP contribution in [0.5, 0.6) is 0 Å². The molecule has 7 heteroatoms. The van der Waals surface area contributed by atoms with Crippen LogP contribution in [0.2, 0.25) is 5.02 Å². The van der Waals surface area contributed by atoms with E-state index in [0.29, 0.717) is 10.7 Å². The Morgan fingerprint density at radius 1 is 0.969 bits per heavy atom. The lowest BCUT2D eigenvalue weighted by atomic mass is 10.1. The number of nitrogens with zero attached hydrogens (tertiary/aromatic N) is 2. The van der Waals surface area contributed by atoms with Gasteiger partial charge in [-0.25, -0.2) is 4.90 Å². The number of amides is 3. The maximum Gasteiger partial charge on any atom is 0.257 e. The molecule has 1 atom stereocenters. The molecule has 1 fully saturated rings. The van der Waals surface area contributed by atoms with Gasteiger partial charge in [0, 0.05) is 15.1 Å². The van der Waals surface area contributed by atoms with E-state index in [9.17, 15) is 14.4 Å². The number of rotatable bonds is 6. The summed E-state index contributed by atoms with van der Waals surface area (Å²) in [5, 5.41) is 0.510. The Morgan fingerprint density at radius 3 is 2.31 bits per heavy atom. The normalized spacial score (nSPS) is 15.8. The van der Waals surface area contributed by atoms with E-state index in [2.05, 4.69) is 22.6 Å². The first kappa shape index (κ1) is 22.5. The molecular weight excluding hydrogens is 539 g/mol. The maximum atomic E-state index is 13.4. The van der Waals surface area contributed by atoms with E-state index < -0.39 is 11.9 Å². The molecule has 0 spiro atoms. The highest BCUT2D eigenvalue weighted by molar-refractivity contribution is 14.1. The molecule has 0 aliphatic carbocycles. The zero-order valence-corrected chi connectivity index (χ0v) is 20.0. The Morgan fingerprint density at radius 2 is 1.62 bits per heavy atom. The first-order chi connectivity index (χ1) is 15.4. The third-order valence-electron chi connectivity index (χ3n) is 5.40. The lowest BCUT2D eigenvalue weighted by molar-refractivity contribution is -0.138. The molecule has 0 bridgehead atoms. The average molecular weight is 559 g/mol. The highest BCUT2D eigenvalue weighted by Gasteiger charge is 2.44. The summed E-state index contributed by atoms with van der Waals surface area (Å²) in [5.41, 5.74) is 2.08. The van der Waals surface area contributed by atoms with Crippen LogP contribution in [0.15, 0.2) is 78.9 Å². The second kappa shape index (κ2) is 9.83. The molecule has 32 heavy (non-hydrogen) atoms. The van der Waals surface area contributed by atoms with Gasteiger partial charge in [0.15, 0.2) is 0 Å². The van der Waals surface area contributed by atoms with Crippen LogP contribution in [-0.4, -0.2) is 28.7 Å². The van der Waals surface area contributed by atoms with Crippen molar-refractivity contribution in [2.45, 2.75) is 25.4 Å². The summed E-state index contributed by atoms with van der Waals surface area (Å²) < 4.78 is 1.00. The van der Waals surface area contributed by atoms with E-state index in [1.807, 2.05) is 60.7 Å². The van der Waals surface area contributed by atoms with Gasteiger partial charge in [-0.05, 0) is 64.0 Å². The number of halogens is 2. The highest BCUT2D eigenvalue weighted by atomic mass is 127. The van der Waals surface area contributed by atoms with Gasteiger partial charge in [0.05, 0.1) is 18.5 Å². The van der Waals surface area contributed by atoms with Crippen molar-refractivity contribution in [3.05, 3.63) is 98.6 Å². The largest absolute Gasteiger partial charge is 0.325 e. The van der Waals surface area contributed by atoms with Gasteiger partial charge in [-0.15, -0.1) is 0 Å². The Labute approximate surface area is 205 Å². The van der Waals surface area contributed by atoms with Crippen molar-refractivity contribution in [2.75, 3.05) is 4.90 Å². The Balaban J connectivity index is 1.65. The molecular formula is C25H20ClIN2O3. The summed E-state index contributed by atoms with van der Waals surface area (Å²) in [4.78, 5) is 42.2. The molecule has 0 N–H and O–H groups in total. The average Bonchev–Trinajstić information content (AvgIpc) is 3.08. The number of benzene rings is 3. The molecule has 1 aliphatic rings. The van der Waals surface area contributed by atoms with Crippen LogP contribution in [0.3, 0.4) is 0 Å². The summed E-state index contributed by atoms with van der Waals surface area (Å²) >= 11 is 8.51. The van der Waals surface area contributed by atoms with Crippen molar-refractivity contribution in [3.63, 3.8) is 0 Å². The predicted molar refractivity (Wildman–Crippen MR) is 132 cm³/mol. The maximum absolute atomic E-state index is 13.4. The van der Waals surface area contributed by atoms with Crippen molar-refractivity contribution < 1.29 is 14.4 Å². The molecule has 0 aromatic heterocycles. The standard InChI is InChI=1S/C25H20ClIN2O3/c26-21-9-5-4-8-18(21)16-28(23(30)14-17-6-2-1-3-7-17)22-15-24(31)29(25(22)32)20-12-10-19(27)11-13-20/h1-13,22H,14-16H2. The van der Waals surface area contributed by atoms with Crippen molar-refractivity contribution in [3.8, 4) is 0 Å². The smallest absolute Gasteiger partial charge is 0.257 e. The van der Waals surface area contributed by atoms with E-state index >= 15 is 0 Å². The van der Waals surface area contributed by atoms with Crippen molar-refractivity contribution in [2.24, 2.45) is 0 Å². The fourth-order valence-corrected chi connectivity index (χ4v) is 4.33. The lowest BCUT2D eigenvalue weighted by Crippen LogP contribution is -2.45. The van der Waals surface area contributed by atoms with Crippen molar-refractivity contribution in [1.82, 2.24) is 4.90 Å². The van der Waals surface area contributed by atoms with Gasteiger partial charge in [0.1, 0.15) is 6.04 Å². The first-order valence-electron chi connectivity index (χ1n) is 10.1. The number of imide groups is 1. The third-order valence-corrected chi connectivity index (χ3v) is 6.49. The SMILES string of the molecule is O=C1CC(N(Cc2ccccc2Cl)C(=O)Cc2ccccc2)C(=O)N1c1ccc(I)cc1. The van der Waals surface area contributed by atoms with Gasteiger partial charge in [-0.2, -0.15) is 0 Å². The van der Waals surface area contributed by atoms with Gasteiger partial charge < -0.3 is 4.90 Å². The van der Waals surface area contributed by atoms with E-state index in [0.717, 1.165) is 14.7 Å². The van der Waals surface area contributed by atoms with Crippen molar-refractivity contribution in [1.29, 1.82) is 0 Å². The van der Waals surface area contributed by atoms with Crippen LogP contribution in [0.1, 0.15) is 17.5 Å². The number of carbonyl (C=O) groups is 3. The van der Waals surface area contributed by atoms with Gasteiger partial charge in [-0.3, -0.25) is 14.4 Å². The number of hydrogen-bond donors (Lipinski definition) is 0. The third kappa shape index (κ3) is 4.86. The van der Waals surface area contributed by atoms with E-state index in [1.54, 1.807) is 18.2 Å². The summed E-state index contributed by atoms with van der Waals surface area (Å²) in [5.74, 6) is -0.950. The molecule has 4 rings (SSSR count). The Kier molecular flexibility index (Phi) is 6.91. The van der Waals surface area contributed by atoms with Gasteiger partial charge in [-0.1, -0.05) is 60.1 Å². The molecule has 1 saturated heterocycles. The van der Waals surface area contributed by atoms with E-state index in [4.69, 9.17) is 11.6 Å². The fourth-order valence-electron chi connectivity index (χ4n) is 3.78. The molecule has 162 valence electrons. The second-order valence-corrected chi connectivity index (χ2v) is 9.19. The minimum atomic E-state index is -0.880. The van der Waals surface area contributed by atoms with E-state index in [1.165, 1.54) is 9.80 Å². The molecule has 1 unspecified atom stereocenters. The molecule has 3 aromatic rings. The highest BCUT2D eigenvalue weighted by Crippen LogP contribution is 2.29. The van der Waals surface area contributed by atoms with Crippen LogP contribution >= 0.6 is 34.2 Å². The number of hydrogen-bond acceptors (Lipinski definition) is 3. The van der Waals surface area contributed by atoms with Crippen LogP contribution in [0.25, 0.3) is 0 Å². The summed E-state index contributed by atoms with van der Waals surface area (Å²) in [6.45, 7) is 0.148. The quantitative estimate of drug-likeness (QED) is 0.321. The minimum Gasteiger partial charge on any atom is -0.325 e. The molecule has 3 amide bonds. The summed E-state index contributed by atoms with van der Waals surface area (Å²) in [7, 11) is 0. The molecule has 1 aliphatic heterocycles. The number of carbonyl (C=O) groups excluding carboxylic acids is 3. The van der Waals surface area contributed by atoms with Crippen LogP contribution in [0.4, 0.5) is 5.69 Å². The zero-order chi connectivity index (χ0) is 22.7. The van der Waals surface area contributed by atoms with Gasteiger partial charge in [0.2, 0.25) is 11.8 Å². The first-order valence-corrected chi connectivity index (χ1v) is 11.6. The lowest BCUT2D eigenvalue weighted by Gasteiger charge is -2.28. The van der Waals surface area contributed by atoms with Crippen LogP contribution in [0, 0.1) is 3.57 Å². The number of anilines is 1. The topological polar surface area (TPSA) is 57.7 Å². The Bertz CT molecular complexity index is 1150. The second-order valence-electron chi connectivity index (χ2n) is 7.54. The predicted octanol–water partition coefficient (Wildman–Crippen LogP) is 4.85. The molecule has 0 saturated carbocycles. The van der Waals surface area contributed by atoms with Crippen molar-refractivity contribution >= 4 is 57.6 Å². The van der Waals surface area contributed by atoms with Gasteiger partial charge in [0.25, 0.3) is 5.91 Å². The molecule has 1 heterocycles. The monoisotopic (exact) mass is 558 g/mol. The molecule has 0 radical (unpaired) electrons. The van der Waals surface area contributed by atoms with E-state index in [-0.39, 0.29) is 31.2 Å². The Hall–Kier alpha value is -2.71. The molecule has 3 aromatic carbocycles. The summed E-state index contributed by atoms with van der Waals surface area (Å²) in [6, 6.07) is 22.8. The van der Waals surface area contributed by atoms with Gasteiger partial charge >= 0.3 is 0 Å². The molecule has 5 nitrogen and oxygen atoms in total. The zero-order valence-electron chi connectivity index (χ0n) is 17.1. The fraction of sp³-hybridized carbons (Fsp3) is 0.160. The summed E-state index contributed by atoms with van der Waals surface area (Å²) in [6.07, 6.45) is 0.0720.